The molecule has 1 aliphatic carbocycles. The highest BCUT2D eigenvalue weighted by atomic mass is 35.5. The Morgan fingerprint density at radius 1 is 1.52 bits per heavy atom. The fourth-order valence-electron chi connectivity index (χ4n) is 2.62. The third-order valence-corrected chi connectivity index (χ3v) is 6.19. The van der Waals surface area contributed by atoms with E-state index in [2.05, 4.69) is 15.5 Å². The van der Waals surface area contributed by atoms with E-state index >= 15 is 0 Å². The van der Waals surface area contributed by atoms with Crippen LogP contribution in [0.25, 0.3) is 10.9 Å². The number of benzene rings is 1. The number of carbonyl (C=O) groups excluding carboxylic acids is 1. The number of halogens is 1. The number of fused-ring (bicyclic) bond motifs is 1. The second-order valence-electron chi connectivity index (χ2n) is 5.44. The summed E-state index contributed by atoms with van der Waals surface area (Å²) >= 11 is 5.96. The van der Waals surface area contributed by atoms with Crippen LogP contribution in [0.1, 0.15) is 29.8 Å². The number of hydrogen-bond donors (Lipinski definition) is 2. The molecule has 1 amide bonds. The molecule has 1 heterocycles. The molecule has 2 N–H and O–H groups in total. The molecule has 1 atom stereocenters. The standard InChI is InChI=1S/C14H16ClN3O2S/c1-21(20)14(5-2-6-14)8-16-13(19)12-10-7-9(15)3-4-11(10)17-18-12/h3-4,7H,2,5-6,8H2,1H3,(H,16,19)(H,17,18). The van der Waals surface area contributed by atoms with Crippen LogP contribution in [0.2, 0.25) is 5.02 Å². The molecule has 1 aliphatic rings. The molecule has 1 fully saturated rings. The van der Waals surface area contributed by atoms with Crippen molar-refractivity contribution in [2.75, 3.05) is 12.8 Å². The average molecular weight is 326 g/mol. The summed E-state index contributed by atoms with van der Waals surface area (Å²) in [6, 6.07) is 5.25. The molecule has 112 valence electrons. The predicted octanol–water partition coefficient (Wildman–Crippen LogP) is 2.25. The molecule has 0 spiro atoms. The number of H-pyrrole nitrogens is 1. The van der Waals surface area contributed by atoms with Gasteiger partial charge in [-0.15, -0.1) is 0 Å². The highest BCUT2D eigenvalue weighted by Gasteiger charge is 2.41. The number of aromatic nitrogens is 2. The van der Waals surface area contributed by atoms with Crippen LogP contribution in [0.5, 0.6) is 0 Å². The summed E-state index contributed by atoms with van der Waals surface area (Å²) in [5.41, 5.74) is 1.09. The Bertz CT molecular complexity index is 724. The van der Waals surface area contributed by atoms with Gasteiger partial charge in [-0.05, 0) is 31.0 Å². The Labute approximate surface area is 129 Å². The molecule has 7 heteroatoms. The van der Waals surface area contributed by atoms with Gasteiger partial charge in [0.2, 0.25) is 0 Å². The Morgan fingerprint density at radius 3 is 2.90 bits per heavy atom. The number of nitrogens with zero attached hydrogens (tertiary/aromatic N) is 1. The summed E-state index contributed by atoms with van der Waals surface area (Å²) in [4.78, 5) is 12.3. The minimum absolute atomic E-state index is 0.264. The molecule has 5 nitrogen and oxygen atoms in total. The summed E-state index contributed by atoms with van der Waals surface area (Å²) in [7, 11) is -0.940. The zero-order valence-corrected chi connectivity index (χ0v) is 13.2. The van der Waals surface area contributed by atoms with Crippen LogP contribution in [0.4, 0.5) is 0 Å². The maximum Gasteiger partial charge on any atom is 0.272 e. The Kier molecular flexibility index (Phi) is 3.75. The summed E-state index contributed by atoms with van der Waals surface area (Å²) in [6.07, 6.45) is 4.55. The van der Waals surface area contributed by atoms with Gasteiger partial charge >= 0.3 is 0 Å². The fraction of sp³-hybridized carbons (Fsp3) is 0.429. The number of amides is 1. The van der Waals surface area contributed by atoms with Crippen molar-refractivity contribution in [2.24, 2.45) is 0 Å². The molecular formula is C14H16ClN3O2S. The molecule has 0 saturated heterocycles. The lowest BCUT2D eigenvalue weighted by molar-refractivity contribution is 0.0940. The van der Waals surface area contributed by atoms with Gasteiger partial charge in [0.25, 0.3) is 5.91 Å². The minimum Gasteiger partial charge on any atom is -0.349 e. The van der Waals surface area contributed by atoms with Crippen molar-refractivity contribution in [1.29, 1.82) is 0 Å². The molecule has 1 aromatic carbocycles. The lowest BCUT2D eigenvalue weighted by atomic mass is 9.84. The summed E-state index contributed by atoms with van der Waals surface area (Å²) in [6.45, 7) is 0.420. The SMILES string of the molecule is CS(=O)C1(CNC(=O)c2n[nH]c3ccc(Cl)cc23)CCC1. The molecule has 1 saturated carbocycles. The zero-order valence-electron chi connectivity index (χ0n) is 11.6. The number of nitrogens with one attached hydrogen (secondary N) is 2. The first kappa shape index (κ1) is 14.5. The van der Waals surface area contributed by atoms with Crippen LogP contribution in [0.15, 0.2) is 18.2 Å². The van der Waals surface area contributed by atoms with E-state index in [9.17, 15) is 9.00 Å². The largest absolute Gasteiger partial charge is 0.349 e. The van der Waals surface area contributed by atoms with E-state index in [0.717, 1.165) is 24.8 Å². The van der Waals surface area contributed by atoms with Gasteiger partial charge in [0.05, 0.1) is 10.3 Å². The molecule has 2 aromatic rings. The second-order valence-corrected chi connectivity index (χ2v) is 7.65. The van der Waals surface area contributed by atoms with E-state index in [4.69, 9.17) is 11.6 Å². The van der Waals surface area contributed by atoms with Crippen LogP contribution < -0.4 is 5.32 Å². The third kappa shape index (κ3) is 2.58. The van der Waals surface area contributed by atoms with Gasteiger partial charge in [-0.25, -0.2) is 0 Å². The molecule has 3 rings (SSSR count). The molecule has 21 heavy (non-hydrogen) atoms. The lowest BCUT2D eigenvalue weighted by Gasteiger charge is -2.39. The van der Waals surface area contributed by atoms with Crippen LogP contribution in [0, 0.1) is 0 Å². The van der Waals surface area contributed by atoms with Gasteiger partial charge in [-0.2, -0.15) is 5.10 Å². The first-order chi connectivity index (χ1) is 10.0. The summed E-state index contributed by atoms with van der Waals surface area (Å²) in [5.74, 6) is -0.264. The van der Waals surface area contributed by atoms with E-state index in [-0.39, 0.29) is 10.7 Å². The van der Waals surface area contributed by atoms with E-state index < -0.39 is 10.8 Å². The quantitative estimate of drug-likeness (QED) is 0.905. The normalized spacial score (nSPS) is 18.2. The van der Waals surface area contributed by atoms with Crippen molar-refractivity contribution in [2.45, 2.75) is 24.0 Å². The molecule has 1 unspecified atom stereocenters. The number of carbonyl (C=O) groups is 1. The Hall–Kier alpha value is -1.40. The predicted molar refractivity (Wildman–Crippen MR) is 84.1 cm³/mol. The maximum absolute atomic E-state index is 12.3. The minimum atomic E-state index is -0.940. The summed E-state index contributed by atoms with van der Waals surface area (Å²) < 4.78 is 11.6. The smallest absolute Gasteiger partial charge is 0.272 e. The van der Waals surface area contributed by atoms with Gasteiger partial charge in [0.1, 0.15) is 0 Å². The first-order valence-corrected chi connectivity index (χ1v) is 8.71. The van der Waals surface area contributed by atoms with E-state index in [1.54, 1.807) is 24.5 Å². The zero-order chi connectivity index (χ0) is 15.0. The first-order valence-electron chi connectivity index (χ1n) is 6.77. The highest BCUT2D eigenvalue weighted by Crippen LogP contribution is 2.36. The van der Waals surface area contributed by atoms with Crippen molar-refractivity contribution in [3.63, 3.8) is 0 Å². The van der Waals surface area contributed by atoms with Crippen molar-refractivity contribution in [3.05, 3.63) is 28.9 Å². The van der Waals surface area contributed by atoms with E-state index in [1.165, 1.54) is 0 Å². The average Bonchev–Trinajstić information content (AvgIpc) is 2.79. The van der Waals surface area contributed by atoms with E-state index in [0.29, 0.717) is 22.6 Å². The monoisotopic (exact) mass is 325 g/mol. The van der Waals surface area contributed by atoms with Crippen LogP contribution in [-0.4, -0.2) is 37.9 Å². The second kappa shape index (κ2) is 5.42. The topological polar surface area (TPSA) is 74.8 Å². The van der Waals surface area contributed by atoms with Crippen LogP contribution in [0.3, 0.4) is 0 Å². The van der Waals surface area contributed by atoms with Gasteiger partial charge in [0, 0.05) is 34.0 Å². The third-order valence-electron chi connectivity index (χ3n) is 4.19. The maximum atomic E-state index is 12.3. The van der Waals surface area contributed by atoms with Crippen LogP contribution >= 0.6 is 11.6 Å². The van der Waals surface area contributed by atoms with Gasteiger partial charge < -0.3 is 5.32 Å². The van der Waals surface area contributed by atoms with Crippen molar-refractivity contribution in [3.8, 4) is 0 Å². The molecule has 1 aromatic heterocycles. The van der Waals surface area contributed by atoms with E-state index in [1.807, 2.05) is 0 Å². The fourth-order valence-corrected chi connectivity index (χ4v) is 3.93. The number of aromatic amines is 1. The number of rotatable bonds is 4. The molecule has 0 aliphatic heterocycles. The van der Waals surface area contributed by atoms with Gasteiger partial charge in [-0.1, -0.05) is 18.0 Å². The van der Waals surface area contributed by atoms with Crippen LogP contribution in [-0.2, 0) is 10.8 Å². The Balaban J connectivity index is 1.78. The van der Waals surface area contributed by atoms with Crippen molar-refractivity contribution in [1.82, 2.24) is 15.5 Å². The molecule has 0 radical (unpaired) electrons. The van der Waals surface area contributed by atoms with Crippen molar-refractivity contribution < 1.29 is 9.00 Å². The Morgan fingerprint density at radius 2 is 2.29 bits per heavy atom. The van der Waals surface area contributed by atoms with Crippen molar-refractivity contribution >= 4 is 39.2 Å². The summed E-state index contributed by atoms with van der Waals surface area (Å²) in [5, 5.41) is 11.0. The highest BCUT2D eigenvalue weighted by molar-refractivity contribution is 7.85. The molecule has 0 bridgehead atoms. The molecular weight excluding hydrogens is 310 g/mol. The lowest BCUT2D eigenvalue weighted by Crippen LogP contribution is -2.50. The number of hydrogen-bond acceptors (Lipinski definition) is 3. The van der Waals surface area contributed by atoms with Gasteiger partial charge in [0.15, 0.2) is 5.69 Å². The van der Waals surface area contributed by atoms with Gasteiger partial charge in [-0.3, -0.25) is 14.1 Å².